The largest absolute Gasteiger partial charge is 0.459 e. The van der Waals surface area contributed by atoms with E-state index in [1.807, 2.05) is 25.1 Å². The molecule has 0 aliphatic carbocycles. The Hall–Kier alpha value is -2.39. The predicted molar refractivity (Wildman–Crippen MR) is 95.2 cm³/mol. The fraction of sp³-hybridized carbons (Fsp3) is 0.267. The van der Waals surface area contributed by atoms with Crippen molar-refractivity contribution in [3.8, 4) is 0 Å². The number of carbonyl (C=O) groups is 2. The van der Waals surface area contributed by atoms with Crippen molar-refractivity contribution in [3.05, 3.63) is 35.1 Å². The van der Waals surface area contributed by atoms with E-state index in [2.05, 4.69) is 15.6 Å². The Kier molecular flexibility index (Phi) is 4.81. The van der Waals surface area contributed by atoms with Crippen molar-refractivity contribution >= 4 is 49.1 Å². The maximum atomic E-state index is 12.1. The third kappa shape index (κ3) is 3.57. The van der Waals surface area contributed by atoms with Crippen LogP contribution in [-0.4, -0.2) is 44.0 Å². The van der Waals surface area contributed by atoms with Crippen molar-refractivity contribution in [1.29, 1.82) is 0 Å². The van der Waals surface area contributed by atoms with Crippen LogP contribution in [0.1, 0.15) is 20.2 Å². The topological polar surface area (TPSA) is 87.5 Å². The number of rotatable bonds is 6. The summed E-state index contributed by atoms with van der Waals surface area (Å²) in [5.74, 6) is -0.210. The molecule has 2 amide bonds. The summed E-state index contributed by atoms with van der Waals surface area (Å²) in [4.78, 5) is 31.7. The minimum absolute atomic E-state index is 0.163. The molecule has 0 atom stereocenters. The summed E-state index contributed by atoms with van der Waals surface area (Å²) in [6.45, 7) is 0.668. The number of hydrogen-bond acceptors (Lipinski definition) is 7. The van der Waals surface area contributed by atoms with Gasteiger partial charge in [0.05, 0.1) is 15.8 Å². The van der Waals surface area contributed by atoms with Gasteiger partial charge < -0.3 is 20.0 Å². The van der Waals surface area contributed by atoms with E-state index < -0.39 is 0 Å². The van der Waals surface area contributed by atoms with Gasteiger partial charge in [-0.05, 0) is 18.2 Å². The van der Waals surface area contributed by atoms with Crippen molar-refractivity contribution in [1.82, 2.24) is 15.6 Å². The van der Waals surface area contributed by atoms with Gasteiger partial charge in [0.2, 0.25) is 0 Å². The molecule has 2 N–H and O–H groups in total. The fourth-order valence-electron chi connectivity index (χ4n) is 1.96. The maximum Gasteiger partial charge on any atom is 0.287 e. The number of aromatic nitrogens is 1. The van der Waals surface area contributed by atoms with E-state index in [0.717, 1.165) is 14.7 Å². The highest BCUT2D eigenvalue weighted by Crippen LogP contribution is 2.33. The Morgan fingerprint density at radius 3 is 2.58 bits per heavy atom. The molecule has 7 nitrogen and oxygen atoms in total. The molecule has 0 saturated heterocycles. The van der Waals surface area contributed by atoms with Crippen LogP contribution in [0.4, 0.5) is 5.13 Å². The molecule has 0 fully saturated rings. The number of anilines is 1. The van der Waals surface area contributed by atoms with Crippen LogP contribution >= 0.6 is 22.7 Å². The van der Waals surface area contributed by atoms with Crippen molar-refractivity contribution in [2.75, 3.05) is 32.1 Å². The van der Waals surface area contributed by atoms with Crippen LogP contribution in [0.3, 0.4) is 0 Å². The van der Waals surface area contributed by atoms with Gasteiger partial charge in [-0.25, -0.2) is 4.98 Å². The lowest BCUT2D eigenvalue weighted by atomic mass is 10.4. The third-order valence-corrected chi connectivity index (χ3v) is 5.45. The van der Waals surface area contributed by atoms with Gasteiger partial charge in [0, 0.05) is 27.2 Å². The summed E-state index contributed by atoms with van der Waals surface area (Å²) in [6, 6.07) is 5.08. The Labute approximate surface area is 146 Å². The van der Waals surface area contributed by atoms with Crippen molar-refractivity contribution < 1.29 is 14.0 Å². The van der Waals surface area contributed by atoms with Crippen molar-refractivity contribution in [3.63, 3.8) is 0 Å². The number of nitrogens with one attached hydrogen (secondary N) is 2. The van der Waals surface area contributed by atoms with Crippen LogP contribution < -0.4 is 15.5 Å². The Balaban J connectivity index is 1.50. The second kappa shape index (κ2) is 7.02. The van der Waals surface area contributed by atoms with Crippen molar-refractivity contribution in [2.24, 2.45) is 0 Å². The van der Waals surface area contributed by atoms with Gasteiger partial charge in [0.15, 0.2) is 10.9 Å². The molecule has 0 aliphatic rings. The molecule has 0 aliphatic heterocycles. The summed E-state index contributed by atoms with van der Waals surface area (Å²) in [6.07, 6.45) is 1.44. The average molecular weight is 364 g/mol. The minimum Gasteiger partial charge on any atom is -0.459 e. The predicted octanol–water partition coefficient (Wildman–Crippen LogP) is 2.18. The van der Waals surface area contributed by atoms with Crippen molar-refractivity contribution in [2.45, 2.75) is 0 Å². The zero-order chi connectivity index (χ0) is 17.1. The second-order valence-electron chi connectivity index (χ2n) is 5.16. The molecule has 0 radical (unpaired) electrons. The molecule has 9 heteroatoms. The summed E-state index contributed by atoms with van der Waals surface area (Å²) >= 11 is 2.92. The average Bonchev–Trinajstić information content (AvgIpc) is 3.25. The lowest BCUT2D eigenvalue weighted by molar-refractivity contribution is 0.0911. The number of fused-ring (bicyclic) bond motifs is 1. The number of thiazole rings is 1. The molecular weight excluding hydrogens is 348 g/mol. The number of furan rings is 1. The molecule has 3 rings (SSSR count). The van der Waals surface area contributed by atoms with Gasteiger partial charge >= 0.3 is 0 Å². The van der Waals surface area contributed by atoms with Gasteiger partial charge in [-0.2, -0.15) is 0 Å². The fourth-order valence-corrected chi connectivity index (χ4v) is 4.01. The molecule has 3 heterocycles. The highest BCUT2D eigenvalue weighted by atomic mass is 32.1. The number of amides is 2. The lowest BCUT2D eigenvalue weighted by Gasteiger charge is -2.05. The van der Waals surface area contributed by atoms with Gasteiger partial charge in [0.1, 0.15) is 4.83 Å². The maximum absolute atomic E-state index is 12.1. The van der Waals surface area contributed by atoms with Crippen LogP contribution in [0, 0.1) is 0 Å². The highest BCUT2D eigenvalue weighted by Gasteiger charge is 2.14. The zero-order valence-corrected chi connectivity index (χ0v) is 14.8. The van der Waals surface area contributed by atoms with E-state index in [4.69, 9.17) is 4.42 Å². The molecule has 3 aromatic heterocycles. The van der Waals surface area contributed by atoms with Gasteiger partial charge in [-0.15, -0.1) is 11.3 Å². The standard InChI is InChI=1S/C15H16N4O3S2/c1-19(2)15-18-14-11(24-15)8-10(23-14)13(21)17-6-5-16-12(20)9-4-3-7-22-9/h3-4,7-8H,5-6H2,1-2H3,(H,16,20)(H,17,21). The Bertz CT molecular complexity index is 820. The van der Waals surface area contributed by atoms with Crippen LogP contribution in [-0.2, 0) is 0 Å². The second-order valence-corrected chi connectivity index (χ2v) is 7.20. The lowest BCUT2D eigenvalue weighted by Crippen LogP contribution is -2.34. The summed E-state index contributed by atoms with van der Waals surface area (Å²) in [5, 5.41) is 6.37. The first-order chi connectivity index (χ1) is 11.5. The molecular formula is C15H16N4O3S2. The van der Waals surface area contributed by atoms with Crippen LogP contribution in [0.25, 0.3) is 9.53 Å². The van der Waals surface area contributed by atoms with E-state index >= 15 is 0 Å². The van der Waals surface area contributed by atoms with Gasteiger partial charge in [-0.1, -0.05) is 11.3 Å². The monoisotopic (exact) mass is 364 g/mol. The molecule has 0 aromatic carbocycles. The molecule has 0 saturated carbocycles. The first-order valence-electron chi connectivity index (χ1n) is 7.22. The SMILES string of the molecule is CN(C)c1nc2sc(C(=O)NCCNC(=O)c3ccco3)cc2s1. The summed E-state index contributed by atoms with van der Waals surface area (Å²) in [7, 11) is 3.88. The molecule has 3 aromatic rings. The summed E-state index contributed by atoms with van der Waals surface area (Å²) in [5.41, 5.74) is 0. The molecule has 24 heavy (non-hydrogen) atoms. The van der Waals surface area contributed by atoms with Gasteiger partial charge in [0.25, 0.3) is 11.8 Å². The zero-order valence-electron chi connectivity index (χ0n) is 13.2. The number of nitrogens with zero attached hydrogens (tertiary/aromatic N) is 2. The normalized spacial score (nSPS) is 10.8. The number of thiophene rings is 1. The molecule has 0 unspecified atom stereocenters. The van der Waals surface area contributed by atoms with E-state index in [1.54, 1.807) is 23.5 Å². The first kappa shape index (κ1) is 16.5. The van der Waals surface area contributed by atoms with Crippen LogP contribution in [0.15, 0.2) is 28.9 Å². The van der Waals surface area contributed by atoms with E-state index in [0.29, 0.717) is 18.0 Å². The third-order valence-electron chi connectivity index (χ3n) is 3.13. The first-order valence-corrected chi connectivity index (χ1v) is 8.85. The quantitative estimate of drug-likeness (QED) is 0.655. The molecule has 126 valence electrons. The minimum atomic E-state index is -0.300. The summed E-state index contributed by atoms with van der Waals surface area (Å²) < 4.78 is 5.99. The van der Waals surface area contributed by atoms with Gasteiger partial charge in [-0.3, -0.25) is 9.59 Å². The number of carbonyl (C=O) groups excluding carboxylic acids is 2. The molecule has 0 bridgehead atoms. The van der Waals surface area contributed by atoms with E-state index in [9.17, 15) is 9.59 Å². The van der Waals surface area contributed by atoms with E-state index in [-0.39, 0.29) is 17.6 Å². The Morgan fingerprint density at radius 2 is 1.96 bits per heavy atom. The van der Waals surface area contributed by atoms with Crippen LogP contribution in [0.5, 0.6) is 0 Å². The highest BCUT2D eigenvalue weighted by molar-refractivity contribution is 7.29. The Morgan fingerprint density at radius 1 is 1.21 bits per heavy atom. The van der Waals surface area contributed by atoms with Crippen LogP contribution in [0.2, 0.25) is 0 Å². The molecule has 0 spiro atoms. The number of hydrogen-bond donors (Lipinski definition) is 2. The van der Waals surface area contributed by atoms with E-state index in [1.165, 1.54) is 17.6 Å². The smallest absolute Gasteiger partial charge is 0.287 e.